The summed E-state index contributed by atoms with van der Waals surface area (Å²) < 4.78 is 1.58. The molecule has 132 valence electrons. The molecule has 4 aromatic rings. The van der Waals surface area contributed by atoms with Gasteiger partial charge in [0.2, 0.25) is 5.95 Å². The van der Waals surface area contributed by atoms with Gasteiger partial charge in [-0.25, -0.2) is 0 Å². The topological polar surface area (TPSA) is 59.8 Å². The van der Waals surface area contributed by atoms with Gasteiger partial charge in [0.25, 0.3) is 5.91 Å². The molecule has 0 aliphatic heterocycles. The van der Waals surface area contributed by atoms with Crippen LogP contribution in [0.5, 0.6) is 0 Å². The Kier molecular flexibility index (Phi) is 4.68. The van der Waals surface area contributed by atoms with Gasteiger partial charge in [-0.05, 0) is 30.3 Å². The maximum Gasteiger partial charge on any atom is 0.258 e. The fourth-order valence-electron chi connectivity index (χ4n) is 2.65. The van der Waals surface area contributed by atoms with E-state index in [1.54, 1.807) is 28.9 Å². The molecule has 5 nitrogen and oxygen atoms in total. The molecular formula is C21H15ClN4O. The van der Waals surface area contributed by atoms with Gasteiger partial charge >= 0.3 is 0 Å². The first kappa shape index (κ1) is 17.0. The van der Waals surface area contributed by atoms with Crippen LogP contribution in [0.4, 0.5) is 5.95 Å². The predicted octanol–water partition coefficient (Wildman–Crippen LogP) is 4.84. The number of hydrogen-bond acceptors (Lipinski definition) is 3. The largest absolute Gasteiger partial charge is 0.290 e. The fraction of sp³-hybridized carbons (Fsp3) is 0. The first-order chi connectivity index (χ1) is 13.2. The minimum Gasteiger partial charge on any atom is -0.290 e. The number of halogens is 1. The summed E-state index contributed by atoms with van der Waals surface area (Å²) in [7, 11) is 0. The predicted molar refractivity (Wildman–Crippen MR) is 106 cm³/mol. The van der Waals surface area contributed by atoms with Crippen molar-refractivity contribution in [3.05, 3.63) is 95.5 Å². The molecule has 0 saturated carbocycles. The number of carbonyl (C=O) groups excluding carboxylic acids is 1. The van der Waals surface area contributed by atoms with E-state index in [0.29, 0.717) is 28.0 Å². The normalized spacial score (nSPS) is 10.6. The molecule has 0 radical (unpaired) electrons. The van der Waals surface area contributed by atoms with Gasteiger partial charge in [0.05, 0.1) is 5.69 Å². The fourth-order valence-corrected chi connectivity index (χ4v) is 2.84. The van der Waals surface area contributed by atoms with E-state index in [4.69, 9.17) is 11.6 Å². The zero-order chi connectivity index (χ0) is 18.6. The van der Waals surface area contributed by atoms with Crippen molar-refractivity contribution < 1.29 is 4.79 Å². The molecule has 0 spiro atoms. The molecule has 4 rings (SSSR count). The van der Waals surface area contributed by atoms with E-state index in [1.165, 1.54) is 0 Å². The molecule has 0 saturated heterocycles. The molecule has 1 amide bonds. The molecule has 0 unspecified atom stereocenters. The number of rotatable bonds is 4. The average Bonchev–Trinajstić information content (AvgIpc) is 3.13. The lowest BCUT2D eigenvalue weighted by Gasteiger charge is -2.07. The van der Waals surface area contributed by atoms with Crippen molar-refractivity contribution >= 4 is 23.5 Å². The second kappa shape index (κ2) is 7.43. The van der Waals surface area contributed by atoms with Gasteiger partial charge in [-0.15, -0.1) is 5.10 Å². The second-order valence-corrected chi connectivity index (χ2v) is 6.27. The number of aromatic nitrogens is 3. The number of amides is 1. The van der Waals surface area contributed by atoms with Crippen molar-refractivity contribution in [2.24, 2.45) is 0 Å². The van der Waals surface area contributed by atoms with Gasteiger partial charge in [-0.2, -0.15) is 9.67 Å². The molecule has 1 N–H and O–H groups in total. The summed E-state index contributed by atoms with van der Waals surface area (Å²) >= 11 is 6.12. The molecule has 1 heterocycles. The summed E-state index contributed by atoms with van der Waals surface area (Å²) in [4.78, 5) is 17.1. The first-order valence-corrected chi connectivity index (χ1v) is 8.73. The maximum absolute atomic E-state index is 12.6. The Morgan fingerprint density at radius 2 is 1.59 bits per heavy atom. The Morgan fingerprint density at radius 1 is 0.889 bits per heavy atom. The highest BCUT2D eigenvalue weighted by atomic mass is 35.5. The van der Waals surface area contributed by atoms with Crippen molar-refractivity contribution in [2.45, 2.75) is 0 Å². The van der Waals surface area contributed by atoms with E-state index in [-0.39, 0.29) is 5.91 Å². The number of nitrogens with one attached hydrogen (secondary N) is 1. The van der Waals surface area contributed by atoms with Gasteiger partial charge in [-0.3, -0.25) is 10.1 Å². The quantitative estimate of drug-likeness (QED) is 0.556. The Hall–Kier alpha value is -3.44. The smallest absolute Gasteiger partial charge is 0.258 e. The van der Waals surface area contributed by atoms with E-state index in [2.05, 4.69) is 15.4 Å². The van der Waals surface area contributed by atoms with Crippen molar-refractivity contribution in [1.29, 1.82) is 0 Å². The third kappa shape index (κ3) is 3.73. The van der Waals surface area contributed by atoms with E-state index >= 15 is 0 Å². The summed E-state index contributed by atoms with van der Waals surface area (Å²) in [6.45, 7) is 0. The minimum absolute atomic E-state index is 0.258. The maximum atomic E-state index is 12.6. The van der Waals surface area contributed by atoms with Crippen LogP contribution in [0.15, 0.2) is 84.9 Å². The summed E-state index contributed by atoms with van der Waals surface area (Å²) in [5, 5.41) is 7.99. The van der Waals surface area contributed by atoms with Crippen LogP contribution >= 0.6 is 11.6 Å². The van der Waals surface area contributed by atoms with Gasteiger partial charge in [0.1, 0.15) is 0 Å². The van der Waals surface area contributed by atoms with Crippen LogP contribution in [0.2, 0.25) is 5.02 Å². The lowest BCUT2D eigenvalue weighted by molar-refractivity contribution is 0.102. The third-order valence-corrected chi connectivity index (χ3v) is 4.19. The van der Waals surface area contributed by atoms with Crippen LogP contribution in [-0.2, 0) is 0 Å². The molecule has 0 atom stereocenters. The van der Waals surface area contributed by atoms with Gasteiger partial charge in [0.15, 0.2) is 5.82 Å². The molecule has 1 aromatic heterocycles. The van der Waals surface area contributed by atoms with E-state index < -0.39 is 0 Å². The SMILES string of the molecule is O=C(Nc1nc(-c2ccccc2)nn1-c1cccc(Cl)c1)c1ccccc1. The first-order valence-electron chi connectivity index (χ1n) is 8.35. The molecule has 6 heteroatoms. The number of hydrogen-bond donors (Lipinski definition) is 1. The molecule has 0 aliphatic rings. The molecule has 0 bridgehead atoms. The number of nitrogens with zero attached hydrogens (tertiary/aromatic N) is 3. The number of benzene rings is 3. The molecule has 0 fully saturated rings. The van der Waals surface area contributed by atoms with Crippen LogP contribution in [0.1, 0.15) is 10.4 Å². The highest BCUT2D eigenvalue weighted by molar-refractivity contribution is 6.30. The Labute approximate surface area is 161 Å². The van der Waals surface area contributed by atoms with Crippen LogP contribution in [0.3, 0.4) is 0 Å². The van der Waals surface area contributed by atoms with Crippen LogP contribution in [0.25, 0.3) is 17.1 Å². The zero-order valence-corrected chi connectivity index (χ0v) is 15.0. The lowest BCUT2D eigenvalue weighted by Crippen LogP contribution is -2.15. The molecule has 0 aliphatic carbocycles. The Bertz CT molecular complexity index is 1080. The summed E-state index contributed by atoms with van der Waals surface area (Å²) in [5.41, 5.74) is 2.11. The van der Waals surface area contributed by atoms with Gasteiger partial charge in [-0.1, -0.05) is 66.2 Å². The average molecular weight is 375 g/mol. The van der Waals surface area contributed by atoms with Crippen molar-refractivity contribution in [1.82, 2.24) is 14.8 Å². The monoisotopic (exact) mass is 374 g/mol. The summed E-state index contributed by atoms with van der Waals surface area (Å²) in [5.74, 6) is 0.579. The highest BCUT2D eigenvalue weighted by Gasteiger charge is 2.16. The summed E-state index contributed by atoms with van der Waals surface area (Å²) in [6, 6.07) is 25.8. The Balaban J connectivity index is 1.77. The van der Waals surface area contributed by atoms with Gasteiger partial charge < -0.3 is 0 Å². The van der Waals surface area contributed by atoms with E-state index in [0.717, 1.165) is 5.56 Å². The third-order valence-electron chi connectivity index (χ3n) is 3.95. The standard InChI is InChI=1S/C21H15ClN4O/c22-17-12-7-13-18(14-17)26-21(24-20(27)16-10-5-2-6-11-16)23-19(25-26)15-8-3-1-4-9-15/h1-14H,(H,23,24,25,27). The van der Waals surface area contributed by atoms with Crippen molar-refractivity contribution in [3.63, 3.8) is 0 Å². The lowest BCUT2D eigenvalue weighted by atomic mass is 10.2. The van der Waals surface area contributed by atoms with E-state index in [1.807, 2.05) is 60.7 Å². The van der Waals surface area contributed by atoms with E-state index in [9.17, 15) is 4.79 Å². The second-order valence-electron chi connectivity index (χ2n) is 5.84. The number of carbonyl (C=O) groups is 1. The molecular weight excluding hydrogens is 360 g/mol. The van der Waals surface area contributed by atoms with Gasteiger partial charge in [0, 0.05) is 16.1 Å². The summed E-state index contributed by atoms with van der Waals surface area (Å²) in [6.07, 6.45) is 0. The van der Waals surface area contributed by atoms with Crippen LogP contribution in [0, 0.1) is 0 Å². The Morgan fingerprint density at radius 3 is 2.30 bits per heavy atom. The van der Waals surface area contributed by atoms with Crippen LogP contribution < -0.4 is 5.32 Å². The minimum atomic E-state index is -0.258. The van der Waals surface area contributed by atoms with Crippen LogP contribution in [-0.4, -0.2) is 20.7 Å². The highest BCUT2D eigenvalue weighted by Crippen LogP contribution is 2.23. The molecule has 3 aromatic carbocycles. The number of anilines is 1. The zero-order valence-electron chi connectivity index (χ0n) is 14.2. The van der Waals surface area contributed by atoms with Crippen molar-refractivity contribution in [2.75, 3.05) is 5.32 Å². The molecule has 27 heavy (non-hydrogen) atoms. The van der Waals surface area contributed by atoms with Crippen molar-refractivity contribution in [3.8, 4) is 17.1 Å².